The standard InChI is InChI=1S/C13H12ClN5O/c1-8-9(6-19-13(17-8)15-7-16-19)12(20)18-11-5-3-2-4-10(11)14/h2-5,7H,6H2,1H3,(H,18,20)(H,15,16,17). The van der Waals surface area contributed by atoms with Gasteiger partial charge in [0.1, 0.15) is 6.33 Å². The third-order valence-electron chi connectivity index (χ3n) is 3.07. The van der Waals surface area contributed by atoms with Crippen molar-refractivity contribution < 1.29 is 4.79 Å². The summed E-state index contributed by atoms with van der Waals surface area (Å²) in [4.78, 5) is 16.4. The Morgan fingerprint density at radius 1 is 1.45 bits per heavy atom. The van der Waals surface area contributed by atoms with Gasteiger partial charge in [-0.1, -0.05) is 23.7 Å². The molecule has 0 saturated carbocycles. The molecule has 2 aromatic rings. The SMILES string of the molecule is CC1=C(C(=O)Nc2ccccc2Cl)Cn2ncnc2N1. The van der Waals surface area contributed by atoms with E-state index in [2.05, 4.69) is 20.7 Å². The zero-order chi connectivity index (χ0) is 14.1. The first-order valence-electron chi connectivity index (χ1n) is 6.05. The van der Waals surface area contributed by atoms with E-state index in [1.165, 1.54) is 6.33 Å². The maximum Gasteiger partial charge on any atom is 0.255 e. The molecule has 2 heterocycles. The van der Waals surface area contributed by atoms with Crippen molar-refractivity contribution in [1.29, 1.82) is 0 Å². The maximum atomic E-state index is 12.3. The molecule has 102 valence electrons. The molecule has 1 aliphatic rings. The molecule has 3 rings (SSSR count). The summed E-state index contributed by atoms with van der Waals surface area (Å²) in [6.07, 6.45) is 1.45. The van der Waals surface area contributed by atoms with Gasteiger partial charge in [-0.15, -0.1) is 0 Å². The van der Waals surface area contributed by atoms with Gasteiger partial charge in [0.05, 0.1) is 22.8 Å². The van der Waals surface area contributed by atoms with Crippen LogP contribution in [0.25, 0.3) is 0 Å². The lowest BCUT2D eigenvalue weighted by Crippen LogP contribution is -2.26. The van der Waals surface area contributed by atoms with Crippen molar-refractivity contribution in [3.05, 3.63) is 46.9 Å². The highest BCUT2D eigenvalue weighted by Crippen LogP contribution is 2.23. The van der Waals surface area contributed by atoms with Crippen molar-refractivity contribution in [3.63, 3.8) is 0 Å². The maximum absolute atomic E-state index is 12.3. The number of carbonyl (C=O) groups excluding carboxylic acids is 1. The second-order valence-electron chi connectivity index (χ2n) is 4.40. The molecule has 2 N–H and O–H groups in total. The van der Waals surface area contributed by atoms with Crippen molar-refractivity contribution in [2.45, 2.75) is 13.5 Å². The molecule has 7 heteroatoms. The monoisotopic (exact) mass is 289 g/mol. The van der Waals surface area contributed by atoms with E-state index in [0.717, 1.165) is 5.70 Å². The highest BCUT2D eigenvalue weighted by molar-refractivity contribution is 6.33. The molecule has 0 aliphatic carbocycles. The zero-order valence-electron chi connectivity index (χ0n) is 10.7. The highest BCUT2D eigenvalue weighted by atomic mass is 35.5. The topological polar surface area (TPSA) is 71.8 Å². The minimum atomic E-state index is -0.204. The summed E-state index contributed by atoms with van der Waals surface area (Å²) in [6, 6.07) is 7.12. The number of nitrogens with one attached hydrogen (secondary N) is 2. The minimum Gasteiger partial charge on any atom is -0.328 e. The molecule has 1 aliphatic heterocycles. The number of anilines is 2. The normalized spacial score (nSPS) is 13.7. The number of para-hydroxylation sites is 1. The number of hydrogen-bond donors (Lipinski definition) is 2. The van der Waals surface area contributed by atoms with E-state index < -0.39 is 0 Å². The molecule has 6 nitrogen and oxygen atoms in total. The summed E-state index contributed by atoms with van der Waals surface area (Å²) in [5.74, 6) is 0.432. The predicted molar refractivity (Wildman–Crippen MR) is 76.4 cm³/mol. The number of rotatable bonds is 2. The fraction of sp³-hybridized carbons (Fsp3) is 0.154. The van der Waals surface area contributed by atoms with Crippen LogP contribution >= 0.6 is 11.6 Å². The molecule has 0 spiro atoms. The Morgan fingerprint density at radius 2 is 2.25 bits per heavy atom. The van der Waals surface area contributed by atoms with Crippen LogP contribution in [-0.2, 0) is 11.3 Å². The van der Waals surface area contributed by atoms with Crippen molar-refractivity contribution in [1.82, 2.24) is 14.8 Å². The van der Waals surface area contributed by atoms with E-state index in [1.54, 1.807) is 16.8 Å². The Bertz CT molecular complexity index is 706. The number of benzene rings is 1. The Hall–Kier alpha value is -2.34. The van der Waals surface area contributed by atoms with Crippen LogP contribution in [0.5, 0.6) is 0 Å². The third-order valence-corrected chi connectivity index (χ3v) is 3.40. The van der Waals surface area contributed by atoms with Gasteiger partial charge in [0, 0.05) is 5.70 Å². The van der Waals surface area contributed by atoms with Gasteiger partial charge in [-0.25, -0.2) is 4.68 Å². The smallest absolute Gasteiger partial charge is 0.255 e. The Labute approximate surface area is 120 Å². The molecule has 1 aromatic heterocycles. The number of fused-ring (bicyclic) bond motifs is 1. The molecule has 0 radical (unpaired) electrons. The van der Waals surface area contributed by atoms with Gasteiger partial charge in [0.2, 0.25) is 5.95 Å². The summed E-state index contributed by atoms with van der Waals surface area (Å²) in [6.45, 7) is 2.21. The average Bonchev–Trinajstić information content (AvgIpc) is 2.87. The van der Waals surface area contributed by atoms with Crippen molar-refractivity contribution in [2.24, 2.45) is 0 Å². The van der Waals surface area contributed by atoms with Gasteiger partial charge in [-0.05, 0) is 19.1 Å². The fourth-order valence-corrected chi connectivity index (χ4v) is 2.17. The molecular formula is C13H12ClN5O. The van der Waals surface area contributed by atoms with Gasteiger partial charge >= 0.3 is 0 Å². The summed E-state index contributed by atoms with van der Waals surface area (Å²) in [5, 5.41) is 10.4. The van der Waals surface area contributed by atoms with Gasteiger partial charge in [-0.3, -0.25) is 4.79 Å². The molecule has 0 fully saturated rings. The molecular weight excluding hydrogens is 278 g/mol. The first kappa shape index (κ1) is 12.7. The Morgan fingerprint density at radius 3 is 3.05 bits per heavy atom. The fourth-order valence-electron chi connectivity index (χ4n) is 1.99. The number of halogens is 1. The third kappa shape index (κ3) is 2.25. The van der Waals surface area contributed by atoms with Gasteiger partial charge < -0.3 is 10.6 Å². The van der Waals surface area contributed by atoms with Crippen molar-refractivity contribution in [2.75, 3.05) is 10.6 Å². The van der Waals surface area contributed by atoms with E-state index in [1.807, 2.05) is 19.1 Å². The highest BCUT2D eigenvalue weighted by Gasteiger charge is 2.22. The number of amides is 1. The summed E-state index contributed by atoms with van der Waals surface area (Å²) in [5.41, 5.74) is 1.95. The first-order chi connectivity index (χ1) is 9.65. The number of aromatic nitrogens is 3. The molecule has 0 bridgehead atoms. The largest absolute Gasteiger partial charge is 0.328 e. The molecule has 1 amide bonds. The van der Waals surface area contributed by atoms with E-state index in [0.29, 0.717) is 28.8 Å². The second-order valence-corrected chi connectivity index (χ2v) is 4.81. The summed E-state index contributed by atoms with van der Waals surface area (Å²) < 4.78 is 1.63. The average molecular weight is 290 g/mol. The molecule has 0 unspecified atom stereocenters. The van der Waals surface area contributed by atoms with Crippen molar-refractivity contribution >= 4 is 29.1 Å². The lowest BCUT2D eigenvalue weighted by Gasteiger charge is -2.19. The van der Waals surface area contributed by atoms with Gasteiger partial charge in [0.15, 0.2) is 0 Å². The van der Waals surface area contributed by atoms with Crippen LogP contribution in [-0.4, -0.2) is 20.7 Å². The zero-order valence-corrected chi connectivity index (χ0v) is 11.5. The van der Waals surface area contributed by atoms with E-state index in [9.17, 15) is 4.79 Å². The number of hydrogen-bond acceptors (Lipinski definition) is 4. The number of carbonyl (C=O) groups is 1. The van der Waals surface area contributed by atoms with Gasteiger partial charge in [0.25, 0.3) is 5.91 Å². The van der Waals surface area contributed by atoms with Crippen LogP contribution in [0.2, 0.25) is 5.02 Å². The second kappa shape index (κ2) is 4.97. The minimum absolute atomic E-state index is 0.204. The lowest BCUT2D eigenvalue weighted by molar-refractivity contribution is -0.113. The first-order valence-corrected chi connectivity index (χ1v) is 6.43. The van der Waals surface area contributed by atoms with Crippen LogP contribution in [0.3, 0.4) is 0 Å². The van der Waals surface area contributed by atoms with E-state index in [4.69, 9.17) is 11.6 Å². The molecule has 0 atom stereocenters. The van der Waals surface area contributed by atoms with Crippen LogP contribution < -0.4 is 10.6 Å². The molecule has 20 heavy (non-hydrogen) atoms. The van der Waals surface area contributed by atoms with Crippen LogP contribution in [0.1, 0.15) is 6.92 Å². The van der Waals surface area contributed by atoms with Crippen LogP contribution in [0, 0.1) is 0 Å². The van der Waals surface area contributed by atoms with Crippen LogP contribution in [0.15, 0.2) is 41.9 Å². The number of allylic oxidation sites excluding steroid dienone is 1. The van der Waals surface area contributed by atoms with Crippen LogP contribution in [0.4, 0.5) is 11.6 Å². The predicted octanol–water partition coefficient (Wildman–Crippen LogP) is 2.27. The Kier molecular flexibility index (Phi) is 3.15. The summed E-state index contributed by atoms with van der Waals surface area (Å²) >= 11 is 6.03. The summed E-state index contributed by atoms with van der Waals surface area (Å²) in [7, 11) is 0. The van der Waals surface area contributed by atoms with Crippen molar-refractivity contribution in [3.8, 4) is 0 Å². The van der Waals surface area contributed by atoms with Gasteiger partial charge in [-0.2, -0.15) is 10.1 Å². The number of nitrogens with zero attached hydrogens (tertiary/aromatic N) is 3. The lowest BCUT2D eigenvalue weighted by atomic mass is 10.1. The van der Waals surface area contributed by atoms with E-state index >= 15 is 0 Å². The van der Waals surface area contributed by atoms with E-state index in [-0.39, 0.29) is 5.91 Å². The molecule has 1 aromatic carbocycles. The Balaban J connectivity index is 1.83. The quantitative estimate of drug-likeness (QED) is 0.889. The molecule has 0 saturated heterocycles.